The van der Waals surface area contributed by atoms with Gasteiger partial charge in [-0.3, -0.25) is 14.5 Å². The minimum absolute atomic E-state index is 0.0134. The Morgan fingerprint density at radius 1 is 1.22 bits per heavy atom. The minimum Gasteiger partial charge on any atom is -0.482 e. The molecule has 1 atom stereocenters. The van der Waals surface area contributed by atoms with E-state index in [0.29, 0.717) is 23.3 Å². The Morgan fingerprint density at radius 3 is 2.52 bits per heavy atom. The standard InChI is InChI=1S/C18H18ClNO3/c1-13-7-6-10-16(17(13)23-14(2)11-21)18(22)20(12-19)15-8-4-3-5-9-15/h3-11,14H,12H2,1-2H3. The van der Waals surface area contributed by atoms with Gasteiger partial charge < -0.3 is 4.74 Å². The van der Waals surface area contributed by atoms with Crippen LogP contribution in [0.5, 0.6) is 5.75 Å². The van der Waals surface area contributed by atoms with Crippen molar-refractivity contribution in [3.63, 3.8) is 0 Å². The molecule has 0 aliphatic rings. The molecule has 0 aromatic heterocycles. The van der Waals surface area contributed by atoms with Crippen molar-refractivity contribution in [2.45, 2.75) is 20.0 Å². The molecule has 0 N–H and O–H groups in total. The van der Waals surface area contributed by atoms with Crippen LogP contribution >= 0.6 is 11.6 Å². The van der Waals surface area contributed by atoms with Crippen LogP contribution in [0.3, 0.4) is 0 Å². The van der Waals surface area contributed by atoms with Crippen molar-refractivity contribution >= 4 is 29.5 Å². The van der Waals surface area contributed by atoms with Crippen molar-refractivity contribution < 1.29 is 14.3 Å². The van der Waals surface area contributed by atoms with E-state index in [4.69, 9.17) is 16.3 Å². The summed E-state index contributed by atoms with van der Waals surface area (Å²) >= 11 is 5.98. The minimum atomic E-state index is -0.635. The number of amides is 1. The van der Waals surface area contributed by atoms with E-state index in [1.54, 1.807) is 19.1 Å². The largest absolute Gasteiger partial charge is 0.482 e. The predicted molar refractivity (Wildman–Crippen MR) is 91.3 cm³/mol. The molecule has 0 saturated heterocycles. The lowest BCUT2D eigenvalue weighted by Gasteiger charge is -2.22. The lowest BCUT2D eigenvalue weighted by atomic mass is 10.1. The summed E-state index contributed by atoms with van der Waals surface area (Å²) in [5.74, 6) is 0.131. The average molecular weight is 332 g/mol. The number of nitrogens with zero attached hydrogens (tertiary/aromatic N) is 1. The highest BCUT2D eigenvalue weighted by Gasteiger charge is 2.22. The van der Waals surface area contributed by atoms with Crippen molar-refractivity contribution in [3.05, 3.63) is 59.7 Å². The molecule has 0 aliphatic carbocycles. The highest BCUT2D eigenvalue weighted by atomic mass is 35.5. The van der Waals surface area contributed by atoms with Gasteiger partial charge in [0.15, 0.2) is 12.4 Å². The van der Waals surface area contributed by atoms with Gasteiger partial charge in [-0.15, -0.1) is 11.6 Å². The number of ether oxygens (including phenoxy) is 1. The zero-order valence-electron chi connectivity index (χ0n) is 13.0. The van der Waals surface area contributed by atoms with E-state index in [2.05, 4.69) is 0 Å². The third-order valence-corrected chi connectivity index (χ3v) is 3.61. The zero-order chi connectivity index (χ0) is 16.8. The summed E-state index contributed by atoms with van der Waals surface area (Å²) in [6.45, 7) is 3.46. The van der Waals surface area contributed by atoms with Crippen molar-refractivity contribution in [2.75, 3.05) is 10.9 Å². The summed E-state index contributed by atoms with van der Waals surface area (Å²) in [4.78, 5) is 25.2. The van der Waals surface area contributed by atoms with Crippen LogP contribution in [0.15, 0.2) is 48.5 Å². The Kier molecular flexibility index (Phi) is 5.77. The van der Waals surface area contributed by atoms with Gasteiger partial charge in [-0.2, -0.15) is 0 Å². The number of alkyl halides is 1. The quantitative estimate of drug-likeness (QED) is 0.459. The fourth-order valence-corrected chi connectivity index (χ4v) is 2.43. The maximum atomic E-state index is 12.9. The number of para-hydroxylation sites is 2. The van der Waals surface area contributed by atoms with E-state index < -0.39 is 6.10 Å². The number of hydrogen-bond acceptors (Lipinski definition) is 3. The Morgan fingerprint density at radius 2 is 1.91 bits per heavy atom. The maximum Gasteiger partial charge on any atom is 0.263 e. The highest BCUT2D eigenvalue weighted by molar-refractivity contribution is 6.23. The number of carbonyl (C=O) groups excluding carboxylic acids is 2. The summed E-state index contributed by atoms with van der Waals surface area (Å²) in [5.41, 5.74) is 1.86. The van der Waals surface area contributed by atoms with Crippen LogP contribution in [0.4, 0.5) is 5.69 Å². The van der Waals surface area contributed by atoms with Crippen LogP contribution in [-0.2, 0) is 4.79 Å². The second-order valence-electron chi connectivity index (χ2n) is 5.10. The molecule has 1 amide bonds. The molecule has 4 nitrogen and oxygen atoms in total. The summed E-state index contributed by atoms with van der Waals surface area (Å²) in [7, 11) is 0. The molecular formula is C18H18ClNO3. The van der Waals surface area contributed by atoms with Gasteiger partial charge in [0.25, 0.3) is 5.91 Å². The third-order valence-electron chi connectivity index (χ3n) is 3.37. The van der Waals surface area contributed by atoms with Crippen LogP contribution in [0, 0.1) is 6.92 Å². The van der Waals surface area contributed by atoms with Crippen LogP contribution in [0.1, 0.15) is 22.8 Å². The highest BCUT2D eigenvalue weighted by Crippen LogP contribution is 2.27. The monoisotopic (exact) mass is 331 g/mol. The van der Waals surface area contributed by atoms with Crippen molar-refractivity contribution in [1.82, 2.24) is 0 Å². The summed E-state index contributed by atoms with van der Waals surface area (Å²) in [6.07, 6.45) is 0.0563. The van der Waals surface area contributed by atoms with Crippen molar-refractivity contribution in [2.24, 2.45) is 0 Å². The third kappa shape index (κ3) is 3.90. The molecule has 0 saturated carbocycles. The Hall–Kier alpha value is -2.33. The van der Waals surface area contributed by atoms with E-state index in [1.165, 1.54) is 4.90 Å². The first kappa shape index (κ1) is 17.0. The van der Waals surface area contributed by atoms with Crippen LogP contribution in [0.25, 0.3) is 0 Å². The second kappa shape index (κ2) is 7.79. The lowest BCUT2D eigenvalue weighted by Crippen LogP contribution is -2.30. The maximum absolute atomic E-state index is 12.9. The molecule has 0 aliphatic heterocycles. The number of aldehydes is 1. The van der Waals surface area contributed by atoms with Gasteiger partial charge >= 0.3 is 0 Å². The summed E-state index contributed by atoms with van der Waals surface area (Å²) < 4.78 is 5.62. The molecule has 1 unspecified atom stereocenters. The Balaban J connectivity index is 2.42. The van der Waals surface area contributed by atoms with Crippen molar-refractivity contribution in [3.8, 4) is 5.75 Å². The van der Waals surface area contributed by atoms with E-state index in [9.17, 15) is 9.59 Å². The number of aryl methyl sites for hydroxylation is 1. The van der Waals surface area contributed by atoms with E-state index in [-0.39, 0.29) is 11.9 Å². The molecule has 0 spiro atoms. The van der Waals surface area contributed by atoms with Crippen LogP contribution in [0.2, 0.25) is 0 Å². The molecule has 120 valence electrons. The van der Waals surface area contributed by atoms with Crippen LogP contribution in [-0.4, -0.2) is 24.3 Å². The smallest absolute Gasteiger partial charge is 0.263 e. The first-order valence-corrected chi connectivity index (χ1v) is 7.76. The first-order chi connectivity index (χ1) is 11.1. The predicted octanol–water partition coefficient (Wildman–Crippen LogP) is 3.80. The number of rotatable bonds is 6. The lowest BCUT2D eigenvalue weighted by molar-refractivity contribution is -0.113. The molecule has 2 aromatic carbocycles. The number of hydrogen-bond donors (Lipinski definition) is 0. The number of carbonyl (C=O) groups is 2. The van der Waals surface area contributed by atoms with Crippen molar-refractivity contribution in [1.29, 1.82) is 0 Å². The topological polar surface area (TPSA) is 46.6 Å². The Bertz CT molecular complexity index is 688. The molecule has 0 heterocycles. The average Bonchev–Trinajstić information content (AvgIpc) is 2.58. The molecule has 0 radical (unpaired) electrons. The summed E-state index contributed by atoms with van der Waals surface area (Å²) in [6, 6.07) is 14.5. The fraction of sp³-hybridized carbons (Fsp3) is 0.222. The van der Waals surface area contributed by atoms with Crippen LogP contribution < -0.4 is 9.64 Å². The Labute approximate surface area is 140 Å². The van der Waals surface area contributed by atoms with E-state index in [1.807, 2.05) is 43.3 Å². The van der Waals surface area contributed by atoms with E-state index in [0.717, 1.165) is 5.56 Å². The number of anilines is 1. The molecule has 5 heteroatoms. The number of benzene rings is 2. The molecule has 23 heavy (non-hydrogen) atoms. The van der Waals surface area contributed by atoms with Gasteiger partial charge in [0, 0.05) is 5.69 Å². The first-order valence-electron chi connectivity index (χ1n) is 7.23. The molecule has 2 rings (SSSR count). The molecule has 0 fully saturated rings. The van der Waals surface area contributed by atoms with Gasteiger partial charge in [-0.05, 0) is 37.6 Å². The number of halogens is 1. The van der Waals surface area contributed by atoms with Gasteiger partial charge in [-0.25, -0.2) is 0 Å². The fourth-order valence-electron chi connectivity index (χ4n) is 2.18. The van der Waals surface area contributed by atoms with Gasteiger partial charge in [-0.1, -0.05) is 30.3 Å². The molecule has 2 aromatic rings. The normalized spacial score (nSPS) is 11.6. The zero-order valence-corrected chi connectivity index (χ0v) is 13.8. The second-order valence-corrected chi connectivity index (χ2v) is 5.34. The SMILES string of the molecule is Cc1cccc(C(=O)N(CCl)c2ccccc2)c1OC(C)C=O. The molecular weight excluding hydrogens is 314 g/mol. The molecule has 0 bridgehead atoms. The van der Waals surface area contributed by atoms with Gasteiger partial charge in [0.1, 0.15) is 11.8 Å². The van der Waals surface area contributed by atoms with Gasteiger partial charge in [0.05, 0.1) is 5.56 Å². The van der Waals surface area contributed by atoms with E-state index >= 15 is 0 Å². The summed E-state index contributed by atoms with van der Waals surface area (Å²) in [5, 5.41) is 0. The van der Waals surface area contributed by atoms with Gasteiger partial charge in [0.2, 0.25) is 0 Å².